The Morgan fingerprint density at radius 2 is 1.69 bits per heavy atom. The number of anilines is 2. The van der Waals surface area contributed by atoms with Gasteiger partial charge in [0.2, 0.25) is 5.95 Å². The summed E-state index contributed by atoms with van der Waals surface area (Å²) < 4.78 is 27.4. The number of carbonyl (C=O) groups excluding carboxylic acids is 1. The number of rotatable bonds is 7. The maximum atomic E-state index is 12.6. The van der Waals surface area contributed by atoms with E-state index in [1.54, 1.807) is 25.1 Å². The van der Waals surface area contributed by atoms with Crippen molar-refractivity contribution in [3.63, 3.8) is 0 Å². The molecule has 1 aliphatic heterocycles. The number of hydrogen-bond donors (Lipinski definition) is 2. The van der Waals surface area contributed by atoms with Crippen LogP contribution in [0, 0.1) is 6.92 Å². The number of aryl methyl sites for hydroxylation is 1. The van der Waals surface area contributed by atoms with Crippen LogP contribution in [-0.2, 0) is 16.6 Å². The molecular weight excluding hydrogens is 426 g/mol. The second kappa shape index (κ2) is 9.46. The van der Waals surface area contributed by atoms with Crippen molar-refractivity contribution in [3.05, 3.63) is 77.6 Å². The third-order valence-electron chi connectivity index (χ3n) is 5.26. The standard InChI is InChI=1S/C23H25N5O3S/c1-17-12-13-24-23(25-17)27-32(30,31)21-10-8-20(9-11-21)26-22(29)19-6-4-18(5-7-19)16-28-14-2-3-15-28/h4-13H,2-3,14-16H2,1H3,(H,26,29)(H,24,25,27). The molecule has 2 N–H and O–H groups in total. The predicted octanol–water partition coefficient (Wildman–Crippen LogP) is 3.43. The summed E-state index contributed by atoms with van der Waals surface area (Å²) in [6.07, 6.45) is 3.98. The number of benzene rings is 2. The normalized spacial score (nSPS) is 14.3. The molecule has 2 aromatic carbocycles. The average Bonchev–Trinajstić information content (AvgIpc) is 3.27. The fraction of sp³-hybridized carbons (Fsp3) is 0.261. The topological polar surface area (TPSA) is 104 Å². The Balaban J connectivity index is 1.38. The lowest BCUT2D eigenvalue weighted by molar-refractivity contribution is 0.102. The lowest BCUT2D eigenvalue weighted by Crippen LogP contribution is -2.18. The number of likely N-dealkylation sites (tertiary alicyclic amines) is 1. The molecule has 32 heavy (non-hydrogen) atoms. The van der Waals surface area contributed by atoms with Gasteiger partial charge in [0.25, 0.3) is 15.9 Å². The lowest BCUT2D eigenvalue weighted by atomic mass is 10.1. The Morgan fingerprint density at radius 3 is 2.34 bits per heavy atom. The molecule has 1 fully saturated rings. The highest BCUT2D eigenvalue weighted by Gasteiger charge is 2.16. The molecule has 3 aromatic rings. The Hall–Kier alpha value is -3.30. The zero-order valence-corrected chi connectivity index (χ0v) is 18.6. The molecule has 0 atom stereocenters. The van der Waals surface area contributed by atoms with Crippen LogP contribution in [0.15, 0.2) is 65.7 Å². The summed E-state index contributed by atoms with van der Waals surface area (Å²) in [7, 11) is -3.83. The lowest BCUT2D eigenvalue weighted by Gasteiger charge is -2.14. The van der Waals surface area contributed by atoms with E-state index in [4.69, 9.17) is 0 Å². The minimum Gasteiger partial charge on any atom is -0.322 e. The Morgan fingerprint density at radius 1 is 1.00 bits per heavy atom. The van der Waals surface area contributed by atoms with Crippen LogP contribution in [0.2, 0.25) is 0 Å². The quantitative estimate of drug-likeness (QED) is 0.570. The van der Waals surface area contributed by atoms with Gasteiger partial charge in [-0.25, -0.2) is 23.1 Å². The zero-order chi connectivity index (χ0) is 22.6. The first-order valence-corrected chi connectivity index (χ1v) is 11.9. The first-order valence-electron chi connectivity index (χ1n) is 10.4. The van der Waals surface area contributed by atoms with E-state index < -0.39 is 10.0 Å². The second-order valence-corrected chi connectivity index (χ2v) is 9.47. The van der Waals surface area contributed by atoms with Crippen molar-refractivity contribution in [3.8, 4) is 0 Å². The van der Waals surface area contributed by atoms with Crippen molar-refractivity contribution in [2.45, 2.75) is 31.2 Å². The molecule has 0 bridgehead atoms. The molecule has 0 saturated carbocycles. The average molecular weight is 452 g/mol. The van der Waals surface area contributed by atoms with Gasteiger partial charge in [0.05, 0.1) is 4.90 Å². The van der Waals surface area contributed by atoms with Gasteiger partial charge in [-0.15, -0.1) is 0 Å². The zero-order valence-electron chi connectivity index (χ0n) is 17.8. The molecule has 2 heterocycles. The molecule has 0 unspecified atom stereocenters. The number of aromatic nitrogens is 2. The second-order valence-electron chi connectivity index (χ2n) is 7.79. The van der Waals surface area contributed by atoms with Crippen molar-refractivity contribution < 1.29 is 13.2 Å². The van der Waals surface area contributed by atoms with Crippen LogP contribution in [0.3, 0.4) is 0 Å². The Labute approximate surface area is 187 Å². The molecule has 0 radical (unpaired) electrons. The molecular formula is C23H25N5O3S. The molecule has 9 heteroatoms. The van der Waals surface area contributed by atoms with E-state index in [9.17, 15) is 13.2 Å². The van der Waals surface area contributed by atoms with Crippen molar-refractivity contribution in [2.24, 2.45) is 0 Å². The van der Waals surface area contributed by atoms with E-state index in [-0.39, 0.29) is 16.8 Å². The number of nitrogens with zero attached hydrogens (tertiary/aromatic N) is 3. The maximum absolute atomic E-state index is 12.6. The monoisotopic (exact) mass is 451 g/mol. The highest BCUT2D eigenvalue weighted by atomic mass is 32.2. The molecule has 4 rings (SSSR count). The van der Waals surface area contributed by atoms with Gasteiger partial charge in [0.1, 0.15) is 0 Å². The molecule has 0 aliphatic carbocycles. The molecule has 166 valence electrons. The van der Waals surface area contributed by atoms with Gasteiger partial charge >= 0.3 is 0 Å². The minimum atomic E-state index is -3.83. The van der Waals surface area contributed by atoms with Gasteiger partial charge < -0.3 is 5.32 Å². The molecule has 1 aliphatic rings. The smallest absolute Gasteiger partial charge is 0.264 e. The van der Waals surface area contributed by atoms with Crippen LogP contribution in [0.25, 0.3) is 0 Å². The van der Waals surface area contributed by atoms with Crippen LogP contribution < -0.4 is 10.0 Å². The molecule has 1 aromatic heterocycles. The van der Waals surface area contributed by atoms with Gasteiger partial charge in [-0.3, -0.25) is 9.69 Å². The number of carbonyl (C=O) groups is 1. The van der Waals surface area contributed by atoms with Crippen LogP contribution in [-0.4, -0.2) is 42.3 Å². The number of nitrogens with one attached hydrogen (secondary N) is 2. The van der Waals surface area contributed by atoms with Crippen LogP contribution >= 0.6 is 0 Å². The van der Waals surface area contributed by atoms with Crippen LogP contribution in [0.1, 0.15) is 34.5 Å². The molecule has 1 amide bonds. The first-order chi connectivity index (χ1) is 15.4. The van der Waals surface area contributed by atoms with E-state index in [0.717, 1.165) is 19.6 Å². The summed E-state index contributed by atoms with van der Waals surface area (Å²) in [5, 5.41) is 2.80. The largest absolute Gasteiger partial charge is 0.322 e. The summed E-state index contributed by atoms with van der Waals surface area (Å²) in [6, 6.07) is 15.2. The van der Waals surface area contributed by atoms with Gasteiger partial charge in [0.15, 0.2) is 0 Å². The van der Waals surface area contributed by atoms with Gasteiger partial charge in [-0.05, 0) is 80.9 Å². The molecule has 8 nitrogen and oxygen atoms in total. The fourth-order valence-corrected chi connectivity index (χ4v) is 4.51. The number of amides is 1. The molecule has 1 saturated heterocycles. The highest BCUT2D eigenvalue weighted by molar-refractivity contribution is 7.92. The number of hydrogen-bond acceptors (Lipinski definition) is 6. The highest BCUT2D eigenvalue weighted by Crippen LogP contribution is 2.18. The summed E-state index contributed by atoms with van der Waals surface area (Å²) in [5.41, 5.74) is 2.88. The number of sulfonamides is 1. The van der Waals surface area contributed by atoms with Gasteiger partial charge in [-0.2, -0.15) is 0 Å². The summed E-state index contributed by atoms with van der Waals surface area (Å²) >= 11 is 0. The Bertz CT molecular complexity index is 1190. The molecule has 0 spiro atoms. The van der Waals surface area contributed by atoms with E-state index >= 15 is 0 Å². The predicted molar refractivity (Wildman–Crippen MR) is 123 cm³/mol. The minimum absolute atomic E-state index is 0.00978. The van der Waals surface area contributed by atoms with Crippen LogP contribution in [0.5, 0.6) is 0 Å². The van der Waals surface area contributed by atoms with Crippen molar-refractivity contribution in [2.75, 3.05) is 23.1 Å². The van der Waals surface area contributed by atoms with E-state index in [1.165, 1.54) is 36.7 Å². The summed E-state index contributed by atoms with van der Waals surface area (Å²) in [4.78, 5) is 23.0. The fourth-order valence-electron chi connectivity index (χ4n) is 3.56. The van der Waals surface area contributed by atoms with E-state index in [0.29, 0.717) is 16.9 Å². The van der Waals surface area contributed by atoms with Crippen molar-refractivity contribution in [1.29, 1.82) is 0 Å². The van der Waals surface area contributed by atoms with E-state index in [2.05, 4.69) is 24.9 Å². The SMILES string of the molecule is Cc1ccnc(NS(=O)(=O)c2ccc(NC(=O)c3ccc(CN4CCCC4)cc3)cc2)n1. The van der Waals surface area contributed by atoms with Gasteiger partial charge in [0, 0.05) is 29.7 Å². The van der Waals surface area contributed by atoms with Gasteiger partial charge in [-0.1, -0.05) is 12.1 Å². The third-order valence-corrected chi connectivity index (χ3v) is 6.61. The van der Waals surface area contributed by atoms with Crippen molar-refractivity contribution >= 4 is 27.6 Å². The third kappa shape index (κ3) is 5.49. The van der Waals surface area contributed by atoms with E-state index in [1.807, 2.05) is 24.3 Å². The summed E-state index contributed by atoms with van der Waals surface area (Å²) in [6.45, 7) is 4.90. The van der Waals surface area contributed by atoms with Crippen LogP contribution in [0.4, 0.5) is 11.6 Å². The maximum Gasteiger partial charge on any atom is 0.264 e. The first kappa shape index (κ1) is 21.9. The Kier molecular flexibility index (Phi) is 6.48. The summed E-state index contributed by atoms with van der Waals surface area (Å²) in [5.74, 6) is -0.241. The van der Waals surface area contributed by atoms with Crippen molar-refractivity contribution in [1.82, 2.24) is 14.9 Å².